The van der Waals surface area contributed by atoms with E-state index in [2.05, 4.69) is 10.6 Å². The molecule has 1 aliphatic rings. The largest absolute Gasteiger partial charge is 0.391 e. The molecule has 0 spiro atoms. The topological polar surface area (TPSA) is 58.2 Å². The molecule has 0 heterocycles. The number of anilines is 1. The Labute approximate surface area is 138 Å². The molecular weight excluding hydrogens is 321 g/mol. The number of carbonyl (C=O) groups is 2. The summed E-state index contributed by atoms with van der Waals surface area (Å²) in [6.45, 7) is 3.16. The van der Waals surface area contributed by atoms with Crippen molar-refractivity contribution in [3.63, 3.8) is 0 Å². The Bertz CT molecular complexity index is 629. The van der Waals surface area contributed by atoms with Gasteiger partial charge in [0.25, 0.3) is 5.91 Å². The Kier molecular flexibility index (Phi) is 5.51. The molecule has 2 atom stereocenters. The fraction of sp³-hybridized carbons (Fsp3) is 0.529. The summed E-state index contributed by atoms with van der Waals surface area (Å²) in [5, 5.41) is 5.32. The quantitative estimate of drug-likeness (QED) is 0.878. The van der Waals surface area contributed by atoms with Gasteiger partial charge in [0.15, 0.2) is 0 Å². The van der Waals surface area contributed by atoms with Crippen molar-refractivity contribution in [3.8, 4) is 0 Å². The van der Waals surface area contributed by atoms with Gasteiger partial charge in [0.2, 0.25) is 5.91 Å². The minimum atomic E-state index is -4.22. The smallest absolute Gasteiger partial charge is 0.349 e. The van der Waals surface area contributed by atoms with Crippen LogP contribution in [0.3, 0.4) is 0 Å². The predicted octanol–water partition coefficient (Wildman–Crippen LogP) is 3.80. The van der Waals surface area contributed by atoms with Gasteiger partial charge in [-0.05, 0) is 43.9 Å². The number of amides is 2. The zero-order valence-electron chi connectivity index (χ0n) is 13.7. The Morgan fingerprint density at radius 3 is 2.54 bits per heavy atom. The van der Waals surface area contributed by atoms with Crippen molar-refractivity contribution in [2.45, 2.75) is 51.7 Å². The van der Waals surface area contributed by atoms with E-state index in [1.807, 2.05) is 0 Å². The highest BCUT2D eigenvalue weighted by molar-refractivity contribution is 5.97. The number of hydrogen-bond donors (Lipinski definition) is 2. The second-order valence-electron chi connectivity index (χ2n) is 6.29. The van der Waals surface area contributed by atoms with E-state index in [1.165, 1.54) is 13.0 Å². The number of benzene rings is 1. The van der Waals surface area contributed by atoms with Crippen LogP contribution in [0.4, 0.5) is 18.9 Å². The van der Waals surface area contributed by atoms with Gasteiger partial charge in [0.05, 0.1) is 5.92 Å². The van der Waals surface area contributed by atoms with Crippen molar-refractivity contribution < 1.29 is 22.8 Å². The van der Waals surface area contributed by atoms with Crippen molar-refractivity contribution in [1.82, 2.24) is 5.32 Å². The minimum Gasteiger partial charge on any atom is -0.349 e. The van der Waals surface area contributed by atoms with Crippen LogP contribution in [0.15, 0.2) is 18.2 Å². The van der Waals surface area contributed by atoms with Crippen LogP contribution in [0, 0.1) is 12.8 Å². The van der Waals surface area contributed by atoms with E-state index >= 15 is 0 Å². The minimum absolute atomic E-state index is 0.0837. The first kappa shape index (κ1) is 18.3. The Morgan fingerprint density at radius 1 is 1.21 bits per heavy atom. The van der Waals surface area contributed by atoms with Crippen LogP contribution in [0.2, 0.25) is 0 Å². The summed E-state index contributed by atoms with van der Waals surface area (Å²) in [7, 11) is 0. The normalized spacial score (nSPS) is 21.2. The lowest BCUT2D eigenvalue weighted by molar-refractivity contribution is -0.183. The summed E-state index contributed by atoms with van der Waals surface area (Å²) >= 11 is 0. The number of nitrogens with one attached hydrogen (secondary N) is 2. The molecule has 24 heavy (non-hydrogen) atoms. The number of aryl methyl sites for hydroxylation is 1. The standard InChI is InChI=1S/C17H21F3N2O2/c1-10-6-7-12(8-15(10)21-11(2)23)16(24)22-14-5-3-4-13(9-14)17(18,19)20/h6-8,13-14H,3-5,9H2,1-2H3,(H,21,23)(H,22,24). The van der Waals surface area contributed by atoms with E-state index in [-0.39, 0.29) is 18.7 Å². The van der Waals surface area contributed by atoms with Gasteiger partial charge in [-0.2, -0.15) is 13.2 Å². The number of halogens is 3. The van der Waals surface area contributed by atoms with E-state index in [9.17, 15) is 22.8 Å². The van der Waals surface area contributed by atoms with Crippen molar-refractivity contribution in [1.29, 1.82) is 0 Å². The van der Waals surface area contributed by atoms with Gasteiger partial charge in [-0.25, -0.2) is 0 Å². The van der Waals surface area contributed by atoms with E-state index < -0.39 is 24.0 Å². The second kappa shape index (κ2) is 7.23. The summed E-state index contributed by atoms with van der Waals surface area (Å²) in [5.41, 5.74) is 1.64. The molecule has 2 N–H and O–H groups in total. The first-order chi connectivity index (χ1) is 11.2. The van der Waals surface area contributed by atoms with Crippen LogP contribution in [-0.2, 0) is 4.79 Å². The van der Waals surface area contributed by atoms with E-state index in [0.29, 0.717) is 24.1 Å². The second-order valence-corrected chi connectivity index (χ2v) is 6.29. The molecule has 2 unspecified atom stereocenters. The third kappa shape index (κ3) is 4.72. The summed E-state index contributed by atoms with van der Waals surface area (Å²) < 4.78 is 38.5. The highest BCUT2D eigenvalue weighted by Gasteiger charge is 2.42. The fourth-order valence-electron chi connectivity index (χ4n) is 2.97. The van der Waals surface area contributed by atoms with E-state index in [1.54, 1.807) is 19.1 Å². The lowest BCUT2D eigenvalue weighted by Gasteiger charge is -2.31. The first-order valence-corrected chi connectivity index (χ1v) is 7.92. The third-order valence-corrected chi connectivity index (χ3v) is 4.28. The number of carbonyl (C=O) groups excluding carboxylic acids is 2. The van der Waals surface area contributed by atoms with Crippen LogP contribution in [-0.4, -0.2) is 24.0 Å². The highest BCUT2D eigenvalue weighted by atomic mass is 19.4. The molecule has 4 nitrogen and oxygen atoms in total. The molecule has 7 heteroatoms. The SMILES string of the molecule is CC(=O)Nc1cc(C(=O)NC2CCCC(C(F)(F)F)C2)ccc1C. The zero-order chi connectivity index (χ0) is 17.9. The first-order valence-electron chi connectivity index (χ1n) is 7.92. The maximum absolute atomic E-state index is 12.8. The molecule has 132 valence electrons. The zero-order valence-corrected chi connectivity index (χ0v) is 13.7. The van der Waals surface area contributed by atoms with Gasteiger partial charge in [-0.3, -0.25) is 9.59 Å². The molecular formula is C17H21F3N2O2. The summed E-state index contributed by atoms with van der Waals surface area (Å²) in [6.07, 6.45) is -3.19. The van der Waals surface area contributed by atoms with E-state index in [4.69, 9.17) is 0 Å². The molecule has 1 saturated carbocycles. The van der Waals surface area contributed by atoms with Crippen LogP contribution >= 0.6 is 0 Å². The fourth-order valence-corrected chi connectivity index (χ4v) is 2.97. The summed E-state index contributed by atoms with van der Waals surface area (Å²) in [6, 6.07) is 4.35. The van der Waals surface area contributed by atoms with Gasteiger partial charge in [-0.1, -0.05) is 12.5 Å². The van der Waals surface area contributed by atoms with Crippen LogP contribution in [0.1, 0.15) is 48.5 Å². The van der Waals surface area contributed by atoms with Gasteiger partial charge in [-0.15, -0.1) is 0 Å². The lowest BCUT2D eigenvalue weighted by atomic mass is 9.85. The molecule has 0 aromatic heterocycles. The van der Waals surface area contributed by atoms with Crippen molar-refractivity contribution in [2.24, 2.45) is 5.92 Å². The average molecular weight is 342 g/mol. The maximum Gasteiger partial charge on any atom is 0.391 e. The Morgan fingerprint density at radius 2 is 1.92 bits per heavy atom. The lowest BCUT2D eigenvalue weighted by Crippen LogP contribution is -2.41. The van der Waals surface area contributed by atoms with Crippen molar-refractivity contribution in [2.75, 3.05) is 5.32 Å². The maximum atomic E-state index is 12.8. The molecule has 2 rings (SSSR count). The average Bonchev–Trinajstić information content (AvgIpc) is 2.48. The van der Waals surface area contributed by atoms with E-state index in [0.717, 1.165) is 5.56 Å². The summed E-state index contributed by atoms with van der Waals surface area (Å²) in [5.74, 6) is -2.03. The van der Waals surface area contributed by atoms with Crippen LogP contribution < -0.4 is 10.6 Å². The molecule has 1 fully saturated rings. The molecule has 1 aromatic rings. The molecule has 0 radical (unpaired) electrons. The molecule has 2 amide bonds. The van der Waals surface area contributed by atoms with Gasteiger partial charge in [0.1, 0.15) is 0 Å². The van der Waals surface area contributed by atoms with Gasteiger partial charge >= 0.3 is 6.18 Å². The molecule has 0 aliphatic heterocycles. The van der Waals surface area contributed by atoms with Crippen molar-refractivity contribution in [3.05, 3.63) is 29.3 Å². The number of hydrogen-bond acceptors (Lipinski definition) is 2. The number of alkyl halides is 3. The molecule has 0 saturated heterocycles. The molecule has 1 aliphatic carbocycles. The Hall–Kier alpha value is -2.05. The van der Waals surface area contributed by atoms with Crippen LogP contribution in [0.5, 0.6) is 0 Å². The number of rotatable bonds is 3. The molecule has 0 bridgehead atoms. The molecule has 1 aromatic carbocycles. The summed E-state index contributed by atoms with van der Waals surface area (Å²) in [4.78, 5) is 23.5. The van der Waals surface area contributed by atoms with Crippen LogP contribution in [0.25, 0.3) is 0 Å². The van der Waals surface area contributed by atoms with Gasteiger partial charge < -0.3 is 10.6 Å². The monoisotopic (exact) mass is 342 g/mol. The Balaban J connectivity index is 2.05. The predicted molar refractivity (Wildman–Crippen MR) is 84.7 cm³/mol. The van der Waals surface area contributed by atoms with Crippen molar-refractivity contribution >= 4 is 17.5 Å². The third-order valence-electron chi connectivity index (χ3n) is 4.28. The van der Waals surface area contributed by atoms with Gasteiger partial charge in [0, 0.05) is 24.2 Å². The highest BCUT2D eigenvalue weighted by Crippen LogP contribution is 2.37.